The molecule has 0 aliphatic heterocycles. The molecule has 0 bridgehead atoms. The monoisotopic (exact) mass is 1740 g/mol. The molecule has 10 nitrogen and oxygen atoms in total. The number of para-hydroxylation sites is 4. The maximum Gasteiger partial charge on any atom is 0.164 e. The van der Waals surface area contributed by atoms with Gasteiger partial charge in [0.2, 0.25) is 0 Å². The molecule has 26 rings (SSSR count). The summed E-state index contributed by atoms with van der Waals surface area (Å²) in [5.41, 5.74) is 33.0. The van der Waals surface area contributed by atoms with Gasteiger partial charge in [-0.25, -0.2) is 29.9 Å². The van der Waals surface area contributed by atoms with Gasteiger partial charge in [0.1, 0.15) is 22.3 Å². The number of rotatable bonds is 16. The lowest BCUT2D eigenvalue weighted by atomic mass is 9.88. The van der Waals surface area contributed by atoms with Gasteiger partial charge in [-0.15, -0.1) is 0 Å². The average molecular weight is 1740 g/mol. The van der Waals surface area contributed by atoms with Crippen LogP contribution in [0.3, 0.4) is 0 Å². The minimum atomic E-state index is 0.579. The van der Waals surface area contributed by atoms with E-state index in [1.54, 1.807) is 0 Å². The summed E-state index contributed by atoms with van der Waals surface area (Å²) < 4.78 is 18.3. The van der Waals surface area contributed by atoms with Gasteiger partial charge in [0, 0.05) is 87.8 Å². The van der Waals surface area contributed by atoms with Gasteiger partial charge in [-0.05, 0) is 198 Å². The fraction of sp³-hybridized carbons (Fsp3) is 0. The normalized spacial score (nSPS) is 11.5. The van der Waals surface area contributed by atoms with Crippen molar-refractivity contribution in [2.75, 3.05) is 0 Å². The molecule has 26 aromatic rings. The van der Waals surface area contributed by atoms with Crippen LogP contribution in [0.1, 0.15) is 0 Å². The third-order valence-electron chi connectivity index (χ3n) is 26.1. The lowest BCUT2D eigenvalue weighted by Gasteiger charge is -2.17. The molecule has 0 unspecified atom stereocenters. The second-order valence-corrected chi connectivity index (χ2v) is 34.3. The van der Waals surface area contributed by atoms with E-state index in [1.807, 2.05) is 72.8 Å². The van der Waals surface area contributed by atoms with Gasteiger partial charge in [-0.3, -0.25) is 0 Å². The number of hydrogen-bond acceptors (Lipinski definition) is 8. The highest BCUT2D eigenvalue weighted by atomic mass is 16.3. The molecule has 20 aromatic carbocycles. The van der Waals surface area contributed by atoms with Crippen LogP contribution >= 0.6 is 0 Å². The SMILES string of the molecule is c1ccc(-c2ccc(-c3ccccc3)c(-c3ccc(-c4ccc5c(c4)oc4cc6c7ccccc7n(-c7ccccc7)c6cc45)c(-c4nc(-c5ccccc5)nc(-c5ccccc5)n4)c3)c2)cc1.c1ccc(-c2ccc(-c3ccccc3)c(-c3ccc(-c4ccc5oc6cc7c8ccccc8n(-c8ccccc8)c7cc6c5c4)c(-c4nc(-c5ccccc5)nc(-c5ccccc5)n4)c3)c2)cc1. The largest absolute Gasteiger partial charge is 0.456 e. The van der Waals surface area contributed by atoms with Gasteiger partial charge in [-0.1, -0.05) is 376 Å². The number of hydrogen-bond donors (Lipinski definition) is 0. The Bertz CT molecular complexity index is 8910. The lowest BCUT2D eigenvalue weighted by Crippen LogP contribution is -2.01. The Hall–Kier alpha value is -18.4. The standard InChI is InChI=1S/2C63H40N4O/c1-6-18-41(19-7-1)45-30-33-49(42-20-8-2-9-21-42)52(36-45)47-31-34-50(56(38-47)63-65-61(43-22-10-3-11-23-43)64-62(66-63)44-24-12-4-13-25-44)46-32-35-59-54(37-46)55-39-58-53(40-60(55)68-59)51-28-16-17-29-57(51)67(58)48-26-14-5-15-27-48;1-6-18-41(19-7-1)45-30-33-49(42-20-8-2-9-21-42)53(36-45)46-31-34-50(56(37-46)63-65-61(43-22-10-3-11-23-43)64-62(66-63)44-24-12-4-13-25-44)47-32-35-52-55-39-58-54(40-60(55)68-59(52)38-47)51-28-16-17-29-57(51)67(58)48-26-14-5-15-27-48/h2*1-40H. The van der Waals surface area contributed by atoms with Crippen LogP contribution in [-0.4, -0.2) is 39.0 Å². The predicted octanol–water partition coefficient (Wildman–Crippen LogP) is 33.1. The van der Waals surface area contributed by atoms with E-state index in [0.29, 0.717) is 34.9 Å². The highest BCUT2D eigenvalue weighted by Crippen LogP contribution is 2.48. The van der Waals surface area contributed by atoms with Crippen molar-refractivity contribution in [1.29, 1.82) is 0 Å². The number of benzene rings is 20. The molecule has 0 N–H and O–H groups in total. The van der Waals surface area contributed by atoms with Gasteiger partial charge >= 0.3 is 0 Å². The summed E-state index contributed by atoms with van der Waals surface area (Å²) >= 11 is 0. The summed E-state index contributed by atoms with van der Waals surface area (Å²) in [6, 6.07) is 171. The van der Waals surface area contributed by atoms with Gasteiger partial charge in [0.25, 0.3) is 0 Å². The molecule has 136 heavy (non-hydrogen) atoms. The Morgan fingerprint density at radius 2 is 0.404 bits per heavy atom. The van der Waals surface area contributed by atoms with Crippen molar-refractivity contribution in [1.82, 2.24) is 39.0 Å². The van der Waals surface area contributed by atoms with Crippen LogP contribution in [0.5, 0.6) is 0 Å². The predicted molar refractivity (Wildman–Crippen MR) is 559 cm³/mol. The second-order valence-electron chi connectivity index (χ2n) is 34.3. The summed E-state index contributed by atoms with van der Waals surface area (Å²) in [5, 5.41) is 8.88. The quantitative estimate of drug-likeness (QED) is 0.0940. The Labute approximate surface area is 784 Å². The van der Waals surface area contributed by atoms with Crippen molar-refractivity contribution in [3.05, 3.63) is 485 Å². The van der Waals surface area contributed by atoms with Crippen molar-refractivity contribution >= 4 is 87.5 Å². The molecule has 6 heterocycles. The third kappa shape index (κ3) is 14.7. The molecule has 0 saturated carbocycles. The summed E-state index contributed by atoms with van der Waals surface area (Å²) in [6.07, 6.45) is 0. The van der Waals surface area contributed by atoms with Crippen LogP contribution in [-0.2, 0) is 0 Å². The van der Waals surface area contributed by atoms with Gasteiger partial charge < -0.3 is 18.0 Å². The molecule has 10 heteroatoms. The van der Waals surface area contributed by atoms with Crippen molar-refractivity contribution in [3.63, 3.8) is 0 Å². The van der Waals surface area contributed by atoms with Crippen LogP contribution < -0.4 is 0 Å². The van der Waals surface area contributed by atoms with Crippen molar-refractivity contribution in [2.24, 2.45) is 0 Å². The number of fused-ring (bicyclic) bond motifs is 12. The Balaban J connectivity index is 0.000000145. The Kier molecular flexibility index (Phi) is 20.0. The zero-order valence-corrected chi connectivity index (χ0v) is 73.6. The molecule has 0 amide bonds. The summed E-state index contributed by atoms with van der Waals surface area (Å²) in [5.74, 6) is 3.59. The smallest absolute Gasteiger partial charge is 0.164 e. The van der Waals surface area contributed by atoms with Crippen molar-refractivity contribution < 1.29 is 8.83 Å². The maximum absolute atomic E-state index is 6.85. The Morgan fingerprint density at radius 3 is 0.801 bits per heavy atom. The molecule has 0 atom stereocenters. The average Bonchev–Trinajstić information content (AvgIpc) is 1.56. The zero-order valence-electron chi connectivity index (χ0n) is 73.6. The summed E-state index contributed by atoms with van der Waals surface area (Å²) in [4.78, 5) is 31.4. The number of nitrogens with zero attached hydrogens (tertiary/aromatic N) is 8. The van der Waals surface area contributed by atoms with Crippen LogP contribution in [0.4, 0.5) is 0 Å². The number of aromatic nitrogens is 8. The fourth-order valence-corrected chi connectivity index (χ4v) is 19.6. The molecular weight excluding hydrogens is 1660 g/mol. The second kappa shape index (κ2) is 34.2. The van der Waals surface area contributed by atoms with Gasteiger partial charge in [0.05, 0.1) is 22.1 Å². The van der Waals surface area contributed by atoms with Crippen LogP contribution in [0.2, 0.25) is 0 Å². The minimum Gasteiger partial charge on any atom is -0.456 e. The summed E-state index contributed by atoms with van der Waals surface area (Å²) in [6.45, 7) is 0. The van der Waals surface area contributed by atoms with E-state index in [-0.39, 0.29) is 0 Å². The molecule has 0 aliphatic carbocycles. The molecule has 0 spiro atoms. The van der Waals surface area contributed by atoms with E-state index in [0.717, 1.165) is 210 Å². The lowest BCUT2D eigenvalue weighted by molar-refractivity contribution is 0.669. The molecule has 6 aromatic heterocycles. The summed E-state index contributed by atoms with van der Waals surface area (Å²) in [7, 11) is 0. The first-order valence-electron chi connectivity index (χ1n) is 45.8. The van der Waals surface area contributed by atoms with E-state index >= 15 is 0 Å². The minimum absolute atomic E-state index is 0.579. The highest BCUT2D eigenvalue weighted by molar-refractivity contribution is 6.19. The molecular formula is C126H80N8O2. The van der Waals surface area contributed by atoms with Crippen molar-refractivity contribution in [3.8, 4) is 169 Å². The first-order valence-corrected chi connectivity index (χ1v) is 45.8. The third-order valence-corrected chi connectivity index (χ3v) is 26.1. The van der Waals surface area contributed by atoms with Gasteiger partial charge in [0.15, 0.2) is 34.9 Å². The van der Waals surface area contributed by atoms with Gasteiger partial charge in [-0.2, -0.15) is 0 Å². The van der Waals surface area contributed by atoms with Crippen LogP contribution in [0.25, 0.3) is 256 Å². The Morgan fingerprint density at radius 1 is 0.132 bits per heavy atom. The van der Waals surface area contributed by atoms with Crippen molar-refractivity contribution in [2.45, 2.75) is 0 Å². The first-order chi connectivity index (χ1) is 67.4. The highest BCUT2D eigenvalue weighted by Gasteiger charge is 2.26. The molecule has 0 saturated heterocycles. The van der Waals surface area contributed by atoms with E-state index in [1.165, 1.54) is 10.8 Å². The fourth-order valence-electron chi connectivity index (χ4n) is 19.6. The topological polar surface area (TPSA) is 113 Å². The van der Waals surface area contributed by atoms with E-state index < -0.39 is 0 Å². The van der Waals surface area contributed by atoms with E-state index in [4.69, 9.17) is 38.7 Å². The van der Waals surface area contributed by atoms with E-state index in [2.05, 4.69) is 422 Å². The molecule has 0 fully saturated rings. The van der Waals surface area contributed by atoms with Crippen LogP contribution in [0, 0.1) is 0 Å². The molecule has 636 valence electrons. The van der Waals surface area contributed by atoms with E-state index in [9.17, 15) is 0 Å². The molecule has 0 aliphatic rings. The molecule has 0 radical (unpaired) electrons. The van der Waals surface area contributed by atoms with Crippen LogP contribution in [0.15, 0.2) is 494 Å². The maximum atomic E-state index is 6.85. The first kappa shape index (κ1) is 79.8. The number of furan rings is 2. The zero-order chi connectivity index (χ0) is 89.9.